The predicted octanol–water partition coefficient (Wildman–Crippen LogP) is 6.95. The molecule has 2 fully saturated rings. The van der Waals surface area contributed by atoms with E-state index in [-0.39, 0.29) is 12.1 Å². The van der Waals surface area contributed by atoms with Gasteiger partial charge in [-0.2, -0.15) is 0 Å². The lowest BCUT2D eigenvalue weighted by Crippen LogP contribution is -2.40. The first kappa shape index (κ1) is 20.8. The molecule has 0 bridgehead atoms. The molecule has 160 valence electrons. The van der Waals surface area contributed by atoms with E-state index in [9.17, 15) is 0 Å². The van der Waals surface area contributed by atoms with Gasteiger partial charge in [0.15, 0.2) is 5.11 Å². The standard InChI is InChI=1S/C24H23Cl2N3OS/c25-15-9-10-17(18(26)14-15)20-11-12-21(30-20)23-22(19-8-4-5-13-27-19)28-24(31)29(23)16-6-2-1-3-7-16/h4-5,8-14,16,22-23H,1-3,6-7H2,(H,28,31)/t22-,23+/m1/s1. The maximum absolute atomic E-state index is 6.43. The molecule has 1 saturated heterocycles. The van der Waals surface area contributed by atoms with Crippen LogP contribution >= 0.6 is 35.4 Å². The minimum absolute atomic E-state index is 0.0645. The molecule has 3 aromatic rings. The molecule has 0 amide bonds. The topological polar surface area (TPSA) is 41.3 Å². The molecule has 31 heavy (non-hydrogen) atoms. The Morgan fingerprint density at radius 1 is 1.03 bits per heavy atom. The van der Waals surface area contributed by atoms with Crippen molar-refractivity contribution in [2.24, 2.45) is 0 Å². The molecule has 1 saturated carbocycles. The molecule has 0 spiro atoms. The summed E-state index contributed by atoms with van der Waals surface area (Å²) >= 11 is 18.3. The molecule has 1 aliphatic heterocycles. The van der Waals surface area contributed by atoms with Crippen molar-refractivity contribution in [3.63, 3.8) is 0 Å². The second-order valence-corrected chi connectivity index (χ2v) is 9.38. The Kier molecular flexibility index (Phi) is 5.91. The predicted molar refractivity (Wildman–Crippen MR) is 128 cm³/mol. The summed E-state index contributed by atoms with van der Waals surface area (Å²) in [6.45, 7) is 0. The summed E-state index contributed by atoms with van der Waals surface area (Å²) in [5.74, 6) is 1.58. The highest BCUT2D eigenvalue weighted by Crippen LogP contribution is 2.44. The Morgan fingerprint density at radius 2 is 1.87 bits per heavy atom. The third kappa shape index (κ3) is 4.07. The molecule has 2 atom stereocenters. The molecule has 5 rings (SSSR count). The van der Waals surface area contributed by atoms with Crippen molar-refractivity contribution in [1.82, 2.24) is 15.2 Å². The van der Waals surface area contributed by atoms with Crippen LogP contribution in [0.1, 0.15) is 55.6 Å². The zero-order valence-corrected chi connectivity index (χ0v) is 19.3. The van der Waals surface area contributed by atoms with E-state index in [1.807, 2.05) is 48.7 Å². The molecule has 2 aliphatic rings. The number of halogens is 2. The SMILES string of the molecule is S=C1N[C@H](c2ccccn2)[C@H](c2ccc(-c3ccc(Cl)cc3Cl)o2)N1C1CCCCC1. The maximum atomic E-state index is 6.43. The second kappa shape index (κ2) is 8.81. The minimum Gasteiger partial charge on any atom is -0.459 e. The number of hydrogen-bond donors (Lipinski definition) is 1. The fraction of sp³-hybridized carbons (Fsp3) is 0.333. The zero-order chi connectivity index (χ0) is 21.4. The number of pyridine rings is 1. The lowest BCUT2D eigenvalue weighted by Gasteiger charge is -2.36. The Balaban J connectivity index is 1.55. The smallest absolute Gasteiger partial charge is 0.170 e. The lowest BCUT2D eigenvalue weighted by molar-refractivity contribution is 0.179. The highest BCUT2D eigenvalue weighted by molar-refractivity contribution is 7.80. The average Bonchev–Trinajstić information content (AvgIpc) is 3.39. The van der Waals surface area contributed by atoms with Gasteiger partial charge in [-0.05, 0) is 67.5 Å². The van der Waals surface area contributed by atoms with Crippen molar-refractivity contribution < 1.29 is 4.42 Å². The first-order valence-corrected chi connectivity index (χ1v) is 11.8. The van der Waals surface area contributed by atoms with Gasteiger partial charge in [0.2, 0.25) is 0 Å². The van der Waals surface area contributed by atoms with Crippen molar-refractivity contribution in [2.75, 3.05) is 0 Å². The highest BCUT2D eigenvalue weighted by atomic mass is 35.5. The van der Waals surface area contributed by atoms with Gasteiger partial charge < -0.3 is 14.6 Å². The molecule has 1 N–H and O–H groups in total. The van der Waals surface area contributed by atoms with Gasteiger partial charge in [-0.3, -0.25) is 4.98 Å². The number of nitrogens with one attached hydrogen (secondary N) is 1. The van der Waals surface area contributed by atoms with E-state index in [1.165, 1.54) is 19.3 Å². The van der Waals surface area contributed by atoms with Gasteiger partial charge >= 0.3 is 0 Å². The van der Waals surface area contributed by atoms with Crippen LogP contribution in [0, 0.1) is 0 Å². The largest absolute Gasteiger partial charge is 0.459 e. The molecule has 3 heterocycles. The van der Waals surface area contributed by atoms with Gasteiger partial charge in [-0.15, -0.1) is 0 Å². The monoisotopic (exact) mass is 471 g/mol. The molecular formula is C24H23Cl2N3OS. The molecule has 4 nitrogen and oxygen atoms in total. The van der Waals surface area contributed by atoms with Crippen molar-refractivity contribution in [1.29, 1.82) is 0 Å². The molecular weight excluding hydrogens is 449 g/mol. The number of benzene rings is 1. The van der Waals surface area contributed by atoms with Crippen molar-refractivity contribution >= 4 is 40.5 Å². The van der Waals surface area contributed by atoms with Gasteiger partial charge in [-0.25, -0.2) is 0 Å². The summed E-state index contributed by atoms with van der Waals surface area (Å²) in [6.07, 6.45) is 7.86. The van der Waals surface area contributed by atoms with E-state index in [0.29, 0.717) is 16.1 Å². The molecule has 1 aliphatic carbocycles. The second-order valence-electron chi connectivity index (χ2n) is 8.15. The van der Waals surface area contributed by atoms with Gasteiger partial charge in [0, 0.05) is 22.8 Å². The lowest BCUT2D eigenvalue weighted by atomic mass is 9.92. The Bertz CT molecular complexity index is 1080. The van der Waals surface area contributed by atoms with Gasteiger partial charge in [0.25, 0.3) is 0 Å². The van der Waals surface area contributed by atoms with Crippen LogP contribution in [0.2, 0.25) is 10.0 Å². The molecule has 0 radical (unpaired) electrons. The van der Waals surface area contributed by atoms with E-state index in [1.54, 1.807) is 6.07 Å². The van der Waals surface area contributed by atoms with Crippen LogP contribution in [-0.2, 0) is 0 Å². The van der Waals surface area contributed by atoms with Crippen molar-refractivity contribution in [3.8, 4) is 11.3 Å². The third-order valence-corrected chi connectivity index (χ3v) is 7.09. The normalized spacial score (nSPS) is 22.0. The van der Waals surface area contributed by atoms with E-state index in [4.69, 9.17) is 39.8 Å². The molecule has 0 unspecified atom stereocenters. The Morgan fingerprint density at radius 3 is 2.61 bits per heavy atom. The summed E-state index contributed by atoms with van der Waals surface area (Å²) in [6, 6.07) is 15.7. The minimum atomic E-state index is -0.0738. The van der Waals surface area contributed by atoms with Crippen LogP contribution in [0.4, 0.5) is 0 Å². The first-order chi connectivity index (χ1) is 15.1. The Hall–Kier alpha value is -2.08. The van der Waals surface area contributed by atoms with E-state index in [0.717, 1.165) is 40.7 Å². The maximum Gasteiger partial charge on any atom is 0.170 e. The summed E-state index contributed by atoms with van der Waals surface area (Å²) < 4.78 is 6.40. The van der Waals surface area contributed by atoms with Crippen LogP contribution in [0.15, 0.2) is 59.1 Å². The van der Waals surface area contributed by atoms with Gasteiger partial charge in [0.05, 0.1) is 16.8 Å². The fourth-order valence-electron chi connectivity index (χ4n) is 4.77. The highest BCUT2D eigenvalue weighted by Gasteiger charge is 2.44. The summed E-state index contributed by atoms with van der Waals surface area (Å²) in [4.78, 5) is 6.96. The van der Waals surface area contributed by atoms with Crippen LogP contribution in [0.3, 0.4) is 0 Å². The van der Waals surface area contributed by atoms with E-state index < -0.39 is 0 Å². The van der Waals surface area contributed by atoms with Crippen molar-refractivity contribution in [2.45, 2.75) is 50.2 Å². The number of furan rings is 1. The number of hydrogen-bond acceptors (Lipinski definition) is 3. The number of nitrogens with zero attached hydrogens (tertiary/aromatic N) is 2. The molecule has 2 aromatic heterocycles. The quantitative estimate of drug-likeness (QED) is 0.416. The van der Waals surface area contributed by atoms with Crippen molar-refractivity contribution in [3.05, 3.63) is 76.2 Å². The van der Waals surface area contributed by atoms with Crippen LogP contribution in [-0.4, -0.2) is 21.0 Å². The molecule has 7 heteroatoms. The van der Waals surface area contributed by atoms with Crippen LogP contribution in [0.25, 0.3) is 11.3 Å². The van der Waals surface area contributed by atoms with Gasteiger partial charge in [-0.1, -0.05) is 48.5 Å². The van der Waals surface area contributed by atoms with Gasteiger partial charge in [0.1, 0.15) is 17.6 Å². The summed E-state index contributed by atoms with van der Waals surface area (Å²) in [7, 11) is 0. The van der Waals surface area contributed by atoms with Crippen LogP contribution in [0.5, 0.6) is 0 Å². The van der Waals surface area contributed by atoms with E-state index in [2.05, 4.69) is 15.2 Å². The molecule has 1 aromatic carbocycles. The van der Waals surface area contributed by atoms with Crippen LogP contribution < -0.4 is 5.32 Å². The Labute approximate surface area is 197 Å². The number of aromatic nitrogens is 1. The summed E-state index contributed by atoms with van der Waals surface area (Å²) in [5, 5.41) is 5.47. The number of thiocarbonyl (C=S) groups is 1. The number of rotatable bonds is 4. The fourth-order valence-corrected chi connectivity index (χ4v) is 5.66. The third-order valence-electron chi connectivity index (χ3n) is 6.22. The zero-order valence-electron chi connectivity index (χ0n) is 16.9. The van der Waals surface area contributed by atoms with E-state index >= 15 is 0 Å². The summed E-state index contributed by atoms with van der Waals surface area (Å²) in [5.41, 5.74) is 1.78. The first-order valence-electron chi connectivity index (χ1n) is 10.7. The average molecular weight is 472 g/mol.